The molecule has 0 aromatic carbocycles. The van der Waals surface area contributed by atoms with Gasteiger partial charge in [0.1, 0.15) is 0 Å². The van der Waals surface area contributed by atoms with Crippen molar-refractivity contribution in [2.24, 2.45) is 28.6 Å². The molecule has 0 amide bonds. The van der Waals surface area contributed by atoms with Crippen molar-refractivity contribution in [3.63, 3.8) is 0 Å². The van der Waals surface area contributed by atoms with Crippen LogP contribution in [0.2, 0.25) is 0 Å². The Balaban J connectivity index is 2.19. The van der Waals surface area contributed by atoms with Gasteiger partial charge in [-0.1, -0.05) is 39.8 Å². The highest BCUT2D eigenvalue weighted by Gasteiger charge is 2.68. The molecule has 16 heavy (non-hydrogen) atoms. The summed E-state index contributed by atoms with van der Waals surface area (Å²) in [5.41, 5.74) is -0.412. The van der Waals surface area contributed by atoms with Crippen molar-refractivity contribution in [2.45, 2.75) is 52.6 Å². The highest BCUT2D eigenvalue weighted by Crippen LogP contribution is 2.68. The second-order valence-corrected chi connectivity index (χ2v) is 7.19. The fraction of sp³-hybridized carbons (Fsp3) is 0.867. The maximum atomic E-state index is 11.2. The minimum atomic E-state index is -0.477. The molecule has 5 unspecified atom stereocenters. The van der Waals surface area contributed by atoms with Crippen LogP contribution in [0.5, 0.6) is 0 Å². The molecule has 90 valence electrons. The molecule has 1 nitrogen and oxygen atoms in total. The van der Waals surface area contributed by atoms with Crippen LogP contribution in [0.25, 0.3) is 0 Å². The number of allylic oxidation sites excluding steroid dienone is 1. The van der Waals surface area contributed by atoms with Crippen LogP contribution in [0.3, 0.4) is 0 Å². The van der Waals surface area contributed by atoms with E-state index in [9.17, 15) is 5.11 Å². The van der Waals surface area contributed by atoms with E-state index in [2.05, 4.69) is 39.8 Å². The highest BCUT2D eigenvalue weighted by molar-refractivity contribution is 5.29. The number of hydrogen-bond donors (Lipinski definition) is 1. The third kappa shape index (κ3) is 0.895. The molecular formula is C15H24O. The molecular weight excluding hydrogens is 196 g/mol. The van der Waals surface area contributed by atoms with Gasteiger partial charge in [0.2, 0.25) is 0 Å². The Morgan fingerprint density at radius 1 is 1.25 bits per heavy atom. The third-order valence-electron chi connectivity index (χ3n) is 6.49. The van der Waals surface area contributed by atoms with Crippen LogP contribution in [-0.2, 0) is 0 Å². The molecule has 4 aliphatic rings. The molecule has 4 bridgehead atoms. The summed E-state index contributed by atoms with van der Waals surface area (Å²) < 4.78 is 0. The van der Waals surface area contributed by atoms with Gasteiger partial charge in [0.15, 0.2) is 0 Å². The van der Waals surface area contributed by atoms with Crippen molar-refractivity contribution in [2.75, 3.05) is 0 Å². The smallest absolute Gasteiger partial charge is 0.0794 e. The summed E-state index contributed by atoms with van der Waals surface area (Å²) in [6.45, 7) is 9.20. The first-order valence-corrected chi connectivity index (χ1v) is 6.75. The van der Waals surface area contributed by atoms with Crippen molar-refractivity contribution in [1.29, 1.82) is 0 Å². The van der Waals surface area contributed by atoms with E-state index in [0.29, 0.717) is 11.8 Å². The second-order valence-electron chi connectivity index (χ2n) is 7.19. The number of hydrogen-bond acceptors (Lipinski definition) is 1. The zero-order valence-corrected chi connectivity index (χ0v) is 11.0. The van der Waals surface area contributed by atoms with Crippen molar-refractivity contribution >= 4 is 0 Å². The summed E-state index contributed by atoms with van der Waals surface area (Å²) in [6.07, 6.45) is 8.18. The SMILES string of the molecule is CC1CCC2(O)C(C)(C)C3C=CC2(C)C1C3. The Labute approximate surface area is 98.9 Å². The zero-order valence-electron chi connectivity index (χ0n) is 11.0. The van der Waals surface area contributed by atoms with Gasteiger partial charge in [-0.2, -0.15) is 0 Å². The summed E-state index contributed by atoms with van der Waals surface area (Å²) in [7, 11) is 0. The van der Waals surface area contributed by atoms with Crippen molar-refractivity contribution in [1.82, 2.24) is 0 Å². The fourth-order valence-electron chi connectivity index (χ4n) is 5.07. The lowest BCUT2D eigenvalue weighted by molar-refractivity contribution is -0.244. The molecule has 5 atom stereocenters. The van der Waals surface area contributed by atoms with Crippen LogP contribution in [-0.4, -0.2) is 10.7 Å². The molecule has 0 saturated heterocycles. The number of aliphatic hydroxyl groups is 1. The van der Waals surface area contributed by atoms with E-state index in [1.54, 1.807) is 0 Å². The van der Waals surface area contributed by atoms with Crippen LogP contribution in [0.1, 0.15) is 47.0 Å². The van der Waals surface area contributed by atoms with Gasteiger partial charge in [-0.15, -0.1) is 0 Å². The van der Waals surface area contributed by atoms with Crippen LogP contribution >= 0.6 is 0 Å². The van der Waals surface area contributed by atoms with Crippen LogP contribution < -0.4 is 0 Å². The first kappa shape index (κ1) is 10.8. The summed E-state index contributed by atoms with van der Waals surface area (Å²) in [4.78, 5) is 0. The van der Waals surface area contributed by atoms with Crippen LogP contribution in [0.15, 0.2) is 12.2 Å². The molecule has 4 rings (SSSR count). The van der Waals surface area contributed by atoms with Crippen LogP contribution in [0, 0.1) is 28.6 Å². The quantitative estimate of drug-likeness (QED) is 0.620. The van der Waals surface area contributed by atoms with Crippen LogP contribution in [0.4, 0.5) is 0 Å². The molecule has 1 N–H and O–H groups in total. The predicted octanol–water partition coefficient (Wildman–Crippen LogP) is 3.39. The summed E-state index contributed by atoms with van der Waals surface area (Å²) in [6, 6.07) is 0. The lowest BCUT2D eigenvalue weighted by Crippen LogP contribution is -2.69. The molecule has 2 fully saturated rings. The zero-order chi connectivity index (χ0) is 11.8. The molecule has 0 radical (unpaired) electrons. The second kappa shape index (κ2) is 2.75. The monoisotopic (exact) mass is 220 g/mol. The van der Waals surface area contributed by atoms with Crippen molar-refractivity contribution in [3.8, 4) is 0 Å². The van der Waals surface area contributed by atoms with Gasteiger partial charge in [0, 0.05) is 10.8 Å². The molecule has 0 aromatic rings. The Hall–Kier alpha value is -0.300. The highest BCUT2D eigenvalue weighted by atomic mass is 16.3. The fourth-order valence-corrected chi connectivity index (χ4v) is 5.07. The van der Waals surface area contributed by atoms with Crippen molar-refractivity contribution < 1.29 is 5.11 Å². The van der Waals surface area contributed by atoms with E-state index in [-0.39, 0.29) is 10.8 Å². The molecule has 0 aliphatic heterocycles. The van der Waals surface area contributed by atoms with Gasteiger partial charge >= 0.3 is 0 Å². The van der Waals surface area contributed by atoms with E-state index in [0.717, 1.165) is 12.3 Å². The number of rotatable bonds is 0. The maximum absolute atomic E-state index is 11.2. The lowest BCUT2D eigenvalue weighted by Gasteiger charge is -2.69. The molecule has 0 spiro atoms. The summed E-state index contributed by atoms with van der Waals surface area (Å²) in [5, 5.41) is 11.2. The Bertz CT molecular complexity index is 356. The first-order valence-electron chi connectivity index (χ1n) is 6.75. The van der Waals surface area contributed by atoms with Gasteiger partial charge in [0.05, 0.1) is 5.60 Å². The summed E-state index contributed by atoms with van der Waals surface area (Å²) >= 11 is 0. The average Bonchev–Trinajstić information content (AvgIpc) is 2.22. The molecule has 0 aromatic heterocycles. The minimum Gasteiger partial charge on any atom is -0.388 e. The van der Waals surface area contributed by atoms with Gasteiger partial charge in [-0.25, -0.2) is 0 Å². The van der Waals surface area contributed by atoms with Gasteiger partial charge in [-0.3, -0.25) is 0 Å². The molecule has 2 saturated carbocycles. The Morgan fingerprint density at radius 3 is 2.62 bits per heavy atom. The van der Waals surface area contributed by atoms with E-state index in [1.807, 2.05) is 0 Å². The average molecular weight is 220 g/mol. The Kier molecular flexibility index (Phi) is 1.86. The molecule has 4 aliphatic carbocycles. The van der Waals surface area contributed by atoms with Gasteiger partial charge in [0.25, 0.3) is 0 Å². The molecule has 1 heteroatoms. The lowest BCUT2D eigenvalue weighted by atomic mass is 9.38. The topological polar surface area (TPSA) is 20.2 Å². The van der Waals surface area contributed by atoms with E-state index in [1.165, 1.54) is 12.8 Å². The largest absolute Gasteiger partial charge is 0.388 e. The Morgan fingerprint density at radius 2 is 1.94 bits per heavy atom. The van der Waals surface area contributed by atoms with Gasteiger partial charge < -0.3 is 5.11 Å². The van der Waals surface area contributed by atoms with E-state index in [4.69, 9.17) is 0 Å². The third-order valence-corrected chi connectivity index (χ3v) is 6.49. The normalized spacial score (nSPS) is 57.7. The first-order chi connectivity index (χ1) is 7.33. The van der Waals surface area contributed by atoms with Crippen molar-refractivity contribution in [3.05, 3.63) is 12.2 Å². The van der Waals surface area contributed by atoms with E-state index >= 15 is 0 Å². The maximum Gasteiger partial charge on any atom is 0.0794 e. The predicted molar refractivity (Wildman–Crippen MR) is 66.0 cm³/mol. The van der Waals surface area contributed by atoms with E-state index < -0.39 is 5.60 Å². The standard InChI is InChI=1S/C15H24O/c1-10-5-8-15(16)13(2,3)11-6-7-14(15,4)12(10)9-11/h6-7,10-12,16H,5,8-9H2,1-4H3. The summed E-state index contributed by atoms with van der Waals surface area (Å²) in [5.74, 6) is 2.04. The van der Waals surface area contributed by atoms with Gasteiger partial charge in [-0.05, 0) is 37.0 Å². The molecule has 0 heterocycles. The minimum absolute atomic E-state index is 0.0168.